The summed E-state index contributed by atoms with van der Waals surface area (Å²) in [6.45, 7) is 2.19. The van der Waals surface area contributed by atoms with Crippen molar-refractivity contribution in [3.8, 4) is 0 Å². The number of rotatable bonds is 3. The lowest BCUT2D eigenvalue weighted by atomic mass is 9.93. The normalized spacial score (nSPS) is 43.1. The summed E-state index contributed by atoms with van der Waals surface area (Å²) in [4.78, 5) is 12.2. The summed E-state index contributed by atoms with van der Waals surface area (Å²) in [6, 6.07) is -0.0524. The van der Waals surface area contributed by atoms with Crippen LogP contribution in [-0.4, -0.2) is 49.0 Å². The van der Waals surface area contributed by atoms with Crippen molar-refractivity contribution >= 4 is 5.91 Å². The van der Waals surface area contributed by atoms with Gasteiger partial charge in [0.2, 0.25) is 5.91 Å². The molecule has 0 radical (unpaired) electrons. The van der Waals surface area contributed by atoms with E-state index in [4.69, 9.17) is 4.74 Å². The first kappa shape index (κ1) is 12.4. The van der Waals surface area contributed by atoms with Crippen molar-refractivity contribution in [2.45, 2.75) is 37.3 Å². The Labute approximate surface area is 107 Å². The smallest absolute Gasteiger partial charge is 0.237 e. The molecular formula is C13H22N2O3. The van der Waals surface area contributed by atoms with Gasteiger partial charge in [-0.25, -0.2) is 0 Å². The number of amides is 1. The molecule has 3 rings (SSSR count). The lowest BCUT2D eigenvalue weighted by molar-refractivity contribution is -0.125. The van der Waals surface area contributed by atoms with Crippen LogP contribution in [0.3, 0.4) is 0 Å². The van der Waals surface area contributed by atoms with E-state index in [2.05, 4.69) is 10.6 Å². The zero-order valence-corrected chi connectivity index (χ0v) is 10.7. The van der Waals surface area contributed by atoms with Crippen LogP contribution in [0.2, 0.25) is 0 Å². The molecule has 4 unspecified atom stereocenters. The Bertz CT molecular complexity index is 328. The molecule has 3 aliphatic rings. The first-order chi connectivity index (χ1) is 8.68. The second-order valence-corrected chi connectivity index (χ2v) is 5.99. The maximum Gasteiger partial charge on any atom is 0.237 e. The van der Waals surface area contributed by atoms with E-state index in [1.54, 1.807) is 0 Å². The van der Waals surface area contributed by atoms with Crippen molar-refractivity contribution < 1.29 is 14.6 Å². The molecule has 0 bridgehead atoms. The molecule has 5 heteroatoms. The average Bonchev–Trinajstić information content (AvgIpc) is 3.01. The zero-order valence-electron chi connectivity index (χ0n) is 10.7. The zero-order chi connectivity index (χ0) is 12.6. The van der Waals surface area contributed by atoms with Gasteiger partial charge in [-0.15, -0.1) is 0 Å². The molecule has 3 N–H and O–H groups in total. The third kappa shape index (κ3) is 2.27. The number of hydrogen-bond donors (Lipinski definition) is 3. The van der Waals surface area contributed by atoms with E-state index in [1.165, 1.54) is 12.8 Å². The Morgan fingerprint density at radius 2 is 2.39 bits per heavy atom. The lowest BCUT2D eigenvalue weighted by Crippen LogP contribution is -2.50. The minimum atomic E-state index is -0.858. The molecule has 3 fully saturated rings. The lowest BCUT2D eigenvalue weighted by Gasteiger charge is -2.23. The Kier molecular flexibility index (Phi) is 3.30. The molecule has 0 aromatic rings. The minimum Gasteiger partial charge on any atom is -0.386 e. The van der Waals surface area contributed by atoms with Crippen LogP contribution < -0.4 is 10.6 Å². The SMILES string of the molecule is O=C(NCC1(O)CCOC1)C1NCC2CCCC21. The predicted octanol–water partition coefficient (Wildman–Crippen LogP) is -0.358. The van der Waals surface area contributed by atoms with E-state index in [1.807, 2.05) is 0 Å². The molecule has 4 atom stereocenters. The van der Waals surface area contributed by atoms with Gasteiger partial charge in [0.05, 0.1) is 12.6 Å². The van der Waals surface area contributed by atoms with Crippen LogP contribution in [0.25, 0.3) is 0 Å². The van der Waals surface area contributed by atoms with E-state index in [0.717, 1.165) is 13.0 Å². The molecule has 18 heavy (non-hydrogen) atoms. The topological polar surface area (TPSA) is 70.6 Å². The molecule has 0 spiro atoms. The number of hydrogen-bond acceptors (Lipinski definition) is 4. The van der Waals surface area contributed by atoms with Crippen molar-refractivity contribution in [3.05, 3.63) is 0 Å². The summed E-state index contributed by atoms with van der Waals surface area (Å²) in [5.41, 5.74) is -0.858. The molecule has 5 nitrogen and oxygen atoms in total. The predicted molar refractivity (Wildman–Crippen MR) is 66.0 cm³/mol. The van der Waals surface area contributed by atoms with Crippen LogP contribution in [-0.2, 0) is 9.53 Å². The molecule has 2 heterocycles. The molecule has 2 aliphatic heterocycles. The van der Waals surface area contributed by atoms with Crippen molar-refractivity contribution in [3.63, 3.8) is 0 Å². The number of carbonyl (C=O) groups excluding carboxylic acids is 1. The van der Waals surface area contributed by atoms with Crippen LogP contribution >= 0.6 is 0 Å². The number of fused-ring (bicyclic) bond motifs is 1. The van der Waals surface area contributed by atoms with Crippen molar-refractivity contribution in [2.24, 2.45) is 11.8 Å². The van der Waals surface area contributed by atoms with Gasteiger partial charge in [0.25, 0.3) is 0 Å². The fourth-order valence-corrected chi connectivity index (χ4v) is 3.57. The summed E-state index contributed by atoms with van der Waals surface area (Å²) in [5, 5.41) is 16.3. The fraction of sp³-hybridized carbons (Fsp3) is 0.923. The molecular weight excluding hydrogens is 232 g/mol. The van der Waals surface area contributed by atoms with Crippen LogP contribution in [0.1, 0.15) is 25.7 Å². The Morgan fingerprint density at radius 3 is 3.17 bits per heavy atom. The first-order valence-corrected chi connectivity index (χ1v) is 6.99. The highest BCUT2D eigenvalue weighted by Crippen LogP contribution is 2.37. The monoisotopic (exact) mass is 254 g/mol. The number of aliphatic hydroxyl groups is 1. The van der Waals surface area contributed by atoms with Crippen molar-refractivity contribution in [2.75, 3.05) is 26.3 Å². The van der Waals surface area contributed by atoms with Crippen LogP contribution in [0, 0.1) is 11.8 Å². The van der Waals surface area contributed by atoms with E-state index in [0.29, 0.717) is 38.0 Å². The molecule has 0 aromatic carbocycles. The summed E-state index contributed by atoms with van der Waals surface area (Å²) in [6.07, 6.45) is 4.26. The quantitative estimate of drug-likeness (QED) is 0.643. The second kappa shape index (κ2) is 4.79. The highest BCUT2D eigenvalue weighted by atomic mass is 16.5. The molecule has 102 valence electrons. The largest absolute Gasteiger partial charge is 0.386 e. The van der Waals surface area contributed by atoms with Crippen molar-refractivity contribution in [1.29, 1.82) is 0 Å². The Morgan fingerprint density at radius 1 is 1.50 bits per heavy atom. The summed E-state index contributed by atoms with van der Waals surface area (Å²) in [7, 11) is 0. The number of nitrogens with one attached hydrogen (secondary N) is 2. The summed E-state index contributed by atoms with van der Waals surface area (Å²) in [5.74, 6) is 1.22. The highest BCUT2D eigenvalue weighted by Gasteiger charge is 2.43. The third-order valence-electron chi connectivity index (χ3n) is 4.70. The number of carbonyl (C=O) groups is 1. The first-order valence-electron chi connectivity index (χ1n) is 6.99. The average molecular weight is 254 g/mol. The molecule has 0 aromatic heterocycles. The van der Waals surface area contributed by atoms with Gasteiger partial charge in [0.1, 0.15) is 5.60 Å². The second-order valence-electron chi connectivity index (χ2n) is 5.99. The van der Waals surface area contributed by atoms with E-state index < -0.39 is 5.60 Å². The van der Waals surface area contributed by atoms with Gasteiger partial charge in [-0.05, 0) is 31.2 Å². The Balaban J connectivity index is 1.52. The van der Waals surface area contributed by atoms with Crippen molar-refractivity contribution in [1.82, 2.24) is 10.6 Å². The summed E-state index contributed by atoms with van der Waals surface area (Å²) >= 11 is 0. The molecule has 1 aliphatic carbocycles. The molecule has 1 amide bonds. The van der Waals surface area contributed by atoms with Gasteiger partial charge < -0.3 is 20.5 Å². The highest BCUT2D eigenvalue weighted by molar-refractivity contribution is 5.82. The fourth-order valence-electron chi connectivity index (χ4n) is 3.57. The molecule has 1 saturated carbocycles. The maximum absolute atomic E-state index is 12.2. The molecule has 2 saturated heterocycles. The summed E-state index contributed by atoms with van der Waals surface area (Å²) < 4.78 is 5.17. The van der Waals surface area contributed by atoms with Crippen LogP contribution in [0.15, 0.2) is 0 Å². The standard InChI is InChI=1S/C13H22N2O3/c16-12(15-7-13(17)4-5-18-8-13)11-10-3-1-2-9(10)6-14-11/h9-11,14,17H,1-8H2,(H,15,16). The third-order valence-corrected chi connectivity index (χ3v) is 4.70. The van der Waals surface area contributed by atoms with Gasteiger partial charge in [-0.3, -0.25) is 4.79 Å². The van der Waals surface area contributed by atoms with E-state index in [9.17, 15) is 9.90 Å². The number of ether oxygens (including phenoxy) is 1. The Hall–Kier alpha value is -0.650. The van der Waals surface area contributed by atoms with Crippen LogP contribution in [0.4, 0.5) is 0 Å². The van der Waals surface area contributed by atoms with E-state index in [-0.39, 0.29) is 11.9 Å². The van der Waals surface area contributed by atoms with Gasteiger partial charge in [0, 0.05) is 19.6 Å². The van der Waals surface area contributed by atoms with Gasteiger partial charge >= 0.3 is 0 Å². The van der Waals surface area contributed by atoms with Gasteiger partial charge in [0.15, 0.2) is 0 Å². The van der Waals surface area contributed by atoms with Crippen LogP contribution in [0.5, 0.6) is 0 Å². The minimum absolute atomic E-state index is 0.0460. The van der Waals surface area contributed by atoms with E-state index >= 15 is 0 Å². The van der Waals surface area contributed by atoms with Gasteiger partial charge in [-0.2, -0.15) is 0 Å². The maximum atomic E-state index is 12.2. The van der Waals surface area contributed by atoms with Gasteiger partial charge in [-0.1, -0.05) is 6.42 Å².